The zero-order chi connectivity index (χ0) is 17.9. The molecule has 0 bridgehead atoms. The van der Waals surface area contributed by atoms with E-state index in [2.05, 4.69) is 4.72 Å². The lowest BCUT2D eigenvalue weighted by Crippen LogP contribution is -2.28. The molecule has 6 heteroatoms. The minimum Gasteiger partial charge on any atom is -0.497 e. The molecule has 0 spiro atoms. The van der Waals surface area contributed by atoms with Crippen molar-refractivity contribution in [2.45, 2.75) is 31.7 Å². The third-order valence-corrected chi connectivity index (χ3v) is 5.72. The van der Waals surface area contributed by atoms with E-state index in [0.29, 0.717) is 22.6 Å². The van der Waals surface area contributed by atoms with Crippen molar-refractivity contribution < 1.29 is 17.9 Å². The summed E-state index contributed by atoms with van der Waals surface area (Å²) in [6.07, 6.45) is 0. The summed E-state index contributed by atoms with van der Waals surface area (Å²) in [5.41, 5.74) is 2.07. The Hall–Kier alpha value is -2.05. The summed E-state index contributed by atoms with van der Waals surface area (Å²) < 4.78 is 39.0. The average Bonchev–Trinajstić information content (AvgIpc) is 2.53. The molecule has 24 heavy (non-hydrogen) atoms. The fourth-order valence-corrected chi connectivity index (χ4v) is 4.51. The van der Waals surface area contributed by atoms with Gasteiger partial charge in [-0.25, -0.2) is 13.1 Å². The Morgan fingerprint density at radius 2 is 1.58 bits per heavy atom. The highest BCUT2D eigenvalue weighted by Crippen LogP contribution is 2.29. The monoisotopic (exact) mass is 349 g/mol. The summed E-state index contributed by atoms with van der Waals surface area (Å²) in [7, 11) is -0.553. The van der Waals surface area contributed by atoms with Crippen LogP contribution in [-0.4, -0.2) is 22.6 Å². The van der Waals surface area contributed by atoms with Crippen LogP contribution in [0.1, 0.15) is 29.7 Å². The van der Waals surface area contributed by atoms with E-state index in [1.165, 1.54) is 0 Å². The first-order valence-corrected chi connectivity index (χ1v) is 9.09. The van der Waals surface area contributed by atoms with Gasteiger partial charge in [-0.2, -0.15) is 0 Å². The molecule has 0 aliphatic heterocycles. The normalized spacial score (nSPS) is 12.7. The van der Waals surface area contributed by atoms with E-state index >= 15 is 0 Å². The summed E-state index contributed by atoms with van der Waals surface area (Å²) in [6.45, 7) is 5.32. The van der Waals surface area contributed by atoms with Gasteiger partial charge in [0.2, 0.25) is 10.0 Å². The average molecular weight is 349 g/mol. The number of rotatable bonds is 6. The van der Waals surface area contributed by atoms with Crippen LogP contribution >= 0.6 is 0 Å². The molecule has 0 radical (unpaired) electrons. The summed E-state index contributed by atoms with van der Waals surface area (Å²) in [5.74, 6) is 1.29. The Labute approximate surface area is 143 Å². The minimum absolute atomic E-state index is 0.282. The fraction of sp³-hybridized carbons (Fsp3) is 0.333. The lowest BCUT2D eigenvalue weighted by Gasteiger charge is -2.19. The molecule has 0 fully saturated rings. The van der Waals surface area contributed by atoms with Crippen molar-refractivity contribution in [2.24, 2.45) is 0 Å². The van der Waals surface area contributed by atoms with Crippen molar-refractivity contribution in [2.75, 3.05) is 14.2 Å². The molecule has 0 saturated carbocycles. The largest absolute Gasteiger partial charge is 0.497 e. The van der Waals surface area contributed by atoms with E-state index in [1.54, 1.807) is 47.1 Å². The molecule has 0 saturated heterocycles. The first-order chi connectivity index (χ1) is 11.3. The fourth-order valence-electron chi connectivity index (χ4n) is 2.83. The van der Waals surface area contributed by atoms with Gasteiger partial charge in [0.05, 0.1) is 19.1 Å². The lowest BCUT2D eigenvalue weighted by molar-refractivity contribution is 0.405. The number of methoxy groups -OCH3 is 2. The van der Waals surface area contributed by atoms with Crippen molar-refractivity contribution in [3.8, 4) is 11.5 Å². The van der Waals surface area contributed by atoms with E-state index in [-0.39, 0.29) is 4.90 Å². The molecule has 1 atom stereocenters. The van der Waals surface area contributed by atoms with Crippen LogP contribution in [0.4, 0.5) is 0 Å². The van der Waals surface area contributed by atoms with E-state index in [4.69, 9.17) is 9.47 Å². The summed E-state index contributed by atoms with van der Waals surface area (Å²) in [4.78, 5) is 0.282. The Morgan fingerprint density at radius 3 is 2.12 bits per heavy atom. The molecule has 0 amide bonds. The molecular weight excluding hydrogens is 326 g/mol. The van der Waals surface area contributed by atoms with Crippen LogP contribution in [0.5, 0.6) is 11.5 Å². The third kappa shape index (κ3) is 3.71. The highest BCUT2D eigenvalue weighted by atomic mass is 32.2. The molecule has 130 valence electrons. The number of nitrogens with one attached hydrogen (secondary N) is 1. The zero-order valence-corrected chi connectivity index (χ0v) is 15.4. The van der Waals surface area contributed by atoms with E-state index in [0.717, 1.165) is 5.56 Å². The second-order valence-corrected chi connectivity index (χ2v) is 7.33. The maximum absolute atomic E-state index is 12.9. The highest BCUT2D eigenvalue weighted by molar-refractivity contribution is 7.89. The smallest absolute Gasteiger partial charge is 0.241 e. The van der Waals surface area contributed by atoms with E-state index in [9.17, 15) is 8.42 Å². The molecule has 2 aromatic rings. The Morgan fingerprint density at radius 1 is 1.00 bits per heavy atom. The van der Waals surface area contributed by atoms with Crippen molar-refractivity contribution >= 4 is 10.0 Å². The molecule has 1 N–H and O–H groups in total. The number of sulfonamides is 1. The predicted octanol–water partition coefficient (Wildman–Crippen LogP) is 3.36. The van der Waals surface area contributed by atoms with E-state index in [1.807, 2.05) is 24.3 Å². The maximum Gasteiger partial charge on any atom is 0.241 e. The van der Waals surface area contributed by atoms with Gasteiger partial charge in [0, 0.05) is 11.6 Å². The Balaban J connectivity index is 2.38. The van der Waals surface area contributed by atoms with Gasteiger partial charge in [-0.05, 0) is 50.1 Å². The highest BCUT2D eigenvalue weighted by Gasteiger charge is 2.24. The number of para-hydroxylation sites is 1. The molecule has 0 heterocycles. The lowest BCUT2D eigenvalue weighted by atomic mass is 10.1. The standard InChI is InChI=1S/C18H23NO4S/c1-12-10-15(22-4)11-13(2)18(12)24(20,21)19-14(3)16-8-6-7-9-17(16)23-5/h6-11,14,19H,1-5H3/t14-/m1/s1. The van der Waals surface area contributed by atoms with Gasteiger partial charge in [-0.1, -0.05) is 18.2 Å². The number of ether oxygens (including phenoxy) is 2. The molecule has 2 aromatic carbocycles. The van der Waals surface area contributed by atoms with Crippen LogP contribution in [-0.2, 0) is 10.0 Å². The quantitative estimate of drug-likeness (QED) is 0.868. The molecule has 2 rings (SSSR count). The van der Waals surface area contributed by atoms with Crippen molar-refractivity contribution in [1.29, 1.82) is 0 Å². The summed E-state index contributed by atoms with van der Waals surface area (Å²) >= 11 is 0. The molecule has 0 aliphatic rings. The van der Waals surface area contributed by atoms with Gasteiger partial charge in [0.25, 0.3) is 0 Å². The SMILES string of the molecule is COc1cc(C)c(S(=O)(=O)N[C@H](C)c2ccccc2OC)c(C)c1. The predicted molar refractivity (Wildman–Crippen MR) is 94.2 cm³/mol. The second kappa shape index (κ2) is 7.23. The first kappa shape index (κ1) is 18.3. The Kier molecular flexibility index (Phi) is 5.51. The van der Waals surface area contributed by atoms with Gasteiger partial charge in [0.1, 0.15) is 11.5 Å². The minimum atomic E-state index is -3.68. The third-order valence-electron chi connectivity index (χ3n) is 3.88. The van der Waals surface area contributed by atoms with Crippen LogP contribution < -0.4 is 14.2 Å². The summed E-state index contributed by atoms with van der Waals surface area (Å²) in [5, 5.41) is 0. The molecular formula is C18H23NO4S. The number of benzene rings is 2. The second-order valence-electron chi connectivity index (χ2n) is 5.68. The summed E-state index contributed by atoms with van der Waals surface area (Å²) in [6, 6.07) is 10.4. The van der Waals surface area contributed by atoms with Gasteiger partial charge in [-0.3, -0.25) is 0 Å². The van der Waals surface area contributed by atoms with Gasteiger partial charge < -0.3 is 9.47 Å². The van der Waals surface area contributed by atoms with Gasteiger partial charge in [-0.15, -0.1) is 0 Å². The molecule has 5 nitrogen and oxygen atoms in total. The van der Waals surface area contributed by atoms with Crippen LogP contribution in [0.3, 0.4) is 0 Å². The maximum atomic E-state index is 12.9. The van der Waals surface area contributed by atoms with Crippen molar-refractivity contribution in [1.82, 2.24) is 4.72 Å². The first-order valence-electron chi connectivity index (χ1n) is 7.60. The van der Waals surface area contributed by atoms with Crippen LogP contribution in [0.2, 0.25) is 0 Å². The van der Waals surface area contributed by atoms with Gasteiger partial charge in [0.15, 0.2) is 0 Å². The van der Waals surface area contributed by atoms with Crippen LogP contribution in [0, 0.1) is 13.8 Å². The Bertz CT molecular complexity index is 808. The number of hydrogen-bond acceptors (Lipinski definition) is 4. The van der Waals surface area contributed by atoms with Crippen molar-refractivity contribution in [3.63, 3.8) is 0 Å². The molecule has 0 unspecified atom stereocenters. The van der Waals surface area contributed by atoms with Gasteiger partial charge >= 0.3 is 0 Å². The van der Waals surface area contributed by atoms with Crippen molar-refractivity contribution in [3.05, 3.63) is 53.1 Å². The number of aryl methyl sites for hydroxylation is 2. The topological polar surface area (TPSA) is 64.6 Å². The van der Waals surface area contributed by atoms with E-state index < -0.39 is 16.1 Å². The molecule has 0 aliphatic carbocycles. The van der Waals surface area contributed by atoms with Crippen LogP contribution in [0.25, 0.3) is 0 Å². The zero-order valence-electron chi connectivity index (χ0n) is 14.6. The van der Waals surface area contributed by atoms with Crippen LogP contribution in [0.15, 0.2) is 41.3 Å². The molecule has 0 aromatic heterocycles. The number of hydrogen-bond donors (Lipinski definition) is 1.